The van der Waals surface area contributed by atoms with Gasteiger partial charge in [0, 0.05) is 41.0 Å². The average molecular weight is 533 g/mol. The molecule has 0 spiro atoms. The number of nitro benzene ring substituents is 2. The largest absolute Gasteiger partial charge is 0.300 e. The van der Waals surface area contributed by atoms with E-state index in [0.717, 1.165) is 11.1 Å². The monoisotopic (exact) mass is 532 g/mol. The van der Waals surface area contributed by atoms with Crippen molar-refractivity contribution < 1.29 is 19.4 Å². The first-order valence-electron chi connectivity index (χ1n) is 12.3. The van der Waals surface area contributed by atoms with Crippen LogP contribution in [0.4, 0.5) is 22.7 Å². The molecule has 0 fully saturated rings. The maximum atomic E-state index is 14.6. The summed E-state index contributed by atoms with van der Waals surface area (Å²) in [7, 11) is 0. The predicted molar refractivity (Wildman–Crippen MR) is 148 cm³/mol. The van der Waals surface area contributed by atoms with Gasteiger partial charge in [0.25, 0.3) is 11.4 Å². The Balaban J connectivity index is 1.66. The molecule has 4 aromatic carbocycles. The van der Waals surface area contributed by atoms with Crippen molar-refractivity contribution in [2.75, 3.05) is 4.90 Å². The van der Waals surface area contributed by atoms with E-state index in [1.54, 1.807) is 23.1 Å². The van der Waals surface area contributed by atoms with Crippen LogP contribution in [0, 0.1) is 34.1 Å². The van der Waals surface area contributed by atoms with Crippen molar-refractivity contribution in [3.8, 4) is 0 Å². The first-order valence-corrected chi connectivity index (χ1v) is 12.3. The zero-order valence-corrected chi connectivity index (χ0v) is 21.3. The van der Waals surface area contributed by atoms with Crippen LogP contribution in [0.1, 0.15) is 43.0 Å². The SMILES string of the molecule is Cc1ccc2c(c1)C(=O)C1(c3ccc([N+](=O)[O-])cc3)c3cc(C)ccc3N=C(C(=O)c3ccc([N+](=O)[O-])cc3)N21. The summed E-state index contributed by atoms with van der Waals surface area (Å²) in [6, 6.07) is 21.7. The zero-order chi connectivity index (χ0) is 28.3. The van der Waals surface area contributed by atoms with E-state index in [4.69, 9.17) is 4.99 Å². The highest BCUT2D eigenvalue weighted by atomic mass is 16.6. The number of hydrogen-bond donors (Lipinski definition) is 0. The summed E-state index contributed by atoms with van der Waals surface area (Å²) in [5, 5.41) is 22.6. The van der Waals surface area contributed by atoms with Gasteiger partial charge in [0.05, 0.1) is 21.2 Å². The Kier molecular flexibility index (Phi) is 5.44. The molecule has 0 saturated carbocycles. The standard InChI is InChI=1S/C30H20N4O6/c1-17-4-14-26-23(15-17)28(36)30(20-7-11-22(12-8-20)34(39)40)24-16-18(2)3-13-25(24)31-29(32(26)30)27(35)19-5-9-21(10-6-19)33(37)38/h3-16H,1-2H3. The molecule has 0 radical (unpaired) electrons. The minimum atomic E-state index is -1.57. The summed E-state index contributed by atoms with van der Waals surface area (Å²) in [6.45, 7) is 3.74. The van der Waals surface area contributed by atoms with Crippen LogP contribution in [0.25, 0.3) is 0 Å². The number of hydrogen-bond acceptors (Lipinski definition) is 8. The summed E-state index contributed by atoms with van der Waals surface area (Å²) in [5.41, 5.74) is 2.23. The van der Waals surface area contributed by atoms with Gasteiger partial charge >= 0.3 is 0 Å². The second-order valence-electron chi connectivity index (χ2n) is 9.79. The third-order valence-corrected chi connectivity index (χ3v) is 7.32. The van der Waals surface area contributed by atoms with Crippen molar-refractivity contribution >= 4 is 40.2 Å². The average Bonchev–Trinajstić information content (AvgIpc) is 3.21. The number of carbonyl (C=O) groups is 2. The molecule has 1 unspecified atom stereocenters. The van der Waals surface area contributed by atoms with Crippen LogP contribution >= 0.6 is 0 Å². The molecule has 0 aromatic heterocycles. The van der Waals surface area contributed by atoms with E-state index in [1.807, 2.05) is 32.0 Å². The van der Waals surface area contributed by atoms with Crippen molar-refractivity contribution in [2.24, 2.45) is 4.99 Å². The Morgan fingerprint density at radius 3 is 2.00 bits per heavy atom. The van der Waals surface area contributed by atoms with Crippen LogP contribution in [0.2, 0.25) is 0 Å². The molecule has 2 aliphatic rings. The van der Waals surface area contributed by atoms with Crippen molar-refractivity contribution in [2.45, 2.75) is 19.4 Å². The molecular formula is C30H20N4O6. The molecule has 1 atom stereocenters. The molecule has 0 amide bonds. The maximum absolute atomic E-state index is 14.6. The number of amidine groups is 1. The lowest BCUT2D eigenvalue weighted by atomic mass is 9.76. The second kappa shape index (κ2) is 8.77. The fraction of sp³-hybridized carbons (Fsp3) is 0.100. The molecule has 4 aromatic rings. The zero-order valence-electron chi connectivity index (χ0n) is 21.3. The van der Waals surface area contributed by atoms with E-state index in [9.17, 15) is 29.8 Å². The molecule has 0 saturated heterocycles. The number of Topliss-reactive ketones (excluding diaryl/α,β-unsaturated/α-hetero) is 2. The first-order chi connectivity index (χ1) is 19.1. The topological polar surface area (TPSA) is 136 Å². The summed E-state index contributed by atoms with van der Waals surface area (Å²) < 4.78 is 0. The number of fused-ring (bicyclic) bond motifs is 5. The van der Waals surface area contributed by atoms with E-state index in [1.165, 1.54) is 48.5 Å². The smallest absolute Gasteiger partial charge is 0.269 e. The highest BCUT2D eigenvalue weighted by Crippen LogP contribution is 2.54. The fourth-order valence-corrected chi connectivity index (χ4v) is 5.48. The van der Waals surface area contributed by atoms with Crippen molar-refractivity contribution in [1.29, 1.82) is 0 Å². The molecular weight excluding hydrogens is 512 g/mol. The van der Waals surface area contributed by atoms with Gasteiger partial charge in [-0.05, 0) is 61.9 Å². The van der Waals surface area contributed by atoms with Gasteiger partial charge in [0.2, 0.25) is 5.78 Å². The van der Waals surface area contributed by atoms with Gasteiger partial charge in [-0.3, -0.25) is 29.8 Å². The summed E-state index contributed by atoms with van der Waals surface area (Å²) in [4.78, 5) is 56.5. The highest BCUT2D eigenvalue weighted by molar-refractivity contribution is 6.52. The molecule has 2 heterocycles. The van der Waals surface area contributed by atoms with Crippen LogP contribution in [0.3, 0.4) is 0 Å². The number of benzene rings is 4. The number of nitrogens with zero attached hydrogens (tertiary/aromatic N) is 4. The number of nitro groups is 2. The van der Waals surface area contributed by atoms with E-state index in [0.29, 0.717) is 28.1 Å². The number of aliphatic imine (C=N–C) groups is 1. The lowest BCUT2D eigenvalue weighted by Gasteiger charge is -2.43. The number of carbonyl (C=O) groups excluding carboxylic acids is 2. The van der Waals surface area contributed by atoms with Crippen LogP contribution < -0.4 is 4.90 Å². The van der Waals surface area contributed by atoms with Gasteiger partial charge in [0.15, 0.2) is 17.2 Å². The quantitative estimate of drug-likeness (QED) is 0.175. The van der Waals surface area contributed by atoms with E-state index in [2.05, 4.69) is 0 Å². The molecule has 0 N–H and O–H groups in total. The van der Waals surface area contributed by atoms with Gasteiger partial charge in [-0.25, -0.2) is 4.99 Å². The van der Waals surface area contributed by atoms with Crippen LogP contribution in [-0.2, 0) is 5.54 Å². The van der Waals surface area contributed by atoms with Crippen molar-refractivity contribution in [3.63, 3.8) is 0 Å². The first kappa shape index (κ1) is 24.8. The number of anilines is 1. The van der Waals surface area contributed by atoms with Gasteiger partial charge in [0.1, 0.15) is 0 Å². The summed E-state index contributed by atoms with van der Waals surface area (Å²) >= 11 is 0. The number of rotatable bonds is 5. The van der Waals surface area contributed by atoms with E-state index < -0.39 is 21.2 Å². The summed E-state index contributed by atoms with van der Waals surface area (Å²) in [6.07, 6.45) is 0. The predicted octanol–water partition coefficient (Wildman–Crippen LogP) is 5.99. The molecule has 196 valence electrons. The van der Waals surface area contributed by atoms with Crippen molar-refractivity contribution in [3.05, 3.63) is 139 Å². The third kappa shape index (κ3) is 3.46. The Morgan fingerprint density at radius 2 is 1.38 bits per heavy atom. The fourth-order valence-electron chi connectivity index (χ4n) is 5.48. The van der Waals surface area contributed by atoms with Gasteiger partial charge in [-0.2, -0.15) is 0 Å². The van der Waals surface area contributed by atoms with E-state index >= 15 is 0 Å². The van der Waals surface area contributed by atoms with Gasteiger partial charge in [-0.15, -0.1) is 0 Å². The van der Waals surface area contributed by atoms with Gasteiger partial charge in [-0.1, -0.05) is 29.3 Å². The Labute approximate surface area is 227 Å². The highest BCUT2D eigenvalue weighted by Gasteiger charge is 2.59. The normalized spacial score (nSPS) is 17.0. The molecule has 10 heteroatoms. The van der Waals surface area contributed by atoms with Crippen LogP contribution in [-0.4, -0.2) is 27.2 Å². The molecule has 40 heavy (non-hydrogen) atoms. The third-order valence-electron chi connectivity index (χ3n) is 7.32. The lowest BCUT2D eigenvalue weighted by Crippen LogP contribution is -2.55. The molecule has 6 rings (SSSR count). The lowest BCUT2D eigenvalue weighted by molar-refractivity contribution is -0.385. The van der Waals surface area contributed by atoms with Crippen LogP contribution in [0.15, 0.2) is 89.9 Å². The summed E-state index contributed by atoms with van der Waals surface area (Å²) in [5.74, 6) is -0.871. The molecule has 0 aliphatic carbocycles. The number of non-ortho nitro benzene ring substituents is 2. The Morgan fingerprint density at radius 1 is 0.800 bits per heavy atom. The minimum Gasteiger partial charge on any atom is -0.300 e. The Bertz CT molecular complexity index is 1810. The van der Waals surface area contributed by atoms with Crippen LogP contribution in [0.5, 0.6) is 0 Å². The molecule has 0 bridgehead atoms. The van der Waals surface area contributed by atoms with Crippen molar-refractivity contribution in [1.82, 2.24) is 0 Å². The minimum absolute atomic E-state index is 0.0421. The second-order valence-corrected chi connectivity index (χ2v) is 9.79. The van der Waals surface area contributed by atoms with Gasteiger partial charge < -0.3 is 4.90 Å². The Hall–Kier alpha value is -5.51. The molecule has 10 nitrogen and oxygen atoms in total. The molecule has 2 aliphatic heterocycles. The maximum Gasteiger partial charge on any atom is 0.269 e. The number of ketones is 2. The number of aryl methyl sites for hydroxylation is 2. The van der Waals surface area contributed by atoms with E-state index in [-0.39, 0.29) is 28.6 Å².